The Kier molecular flexibility index (Phi) is 7.05. The molecule has 35 heavy (non-hydrogen) atoms. The molecule has 1 saturated carbocycles. The van der Waals surface area contributed by atoms with E-state index in [1.54, 1.807) is 30.0 Å². The van der Waals surface area contributed by atoms with Crippen molar-refractivity contribution in [2.75, 3.05) is 6.54 Å². The lowest BCUT2D eigenvalue weighted by Gasteiger charge is -2.34. The van der Waals surface area contributed by atoms with Crippen molar-refractivity contribution < 1.29 is 29.3 Å². The number of carbonyl (C=O) groups is 3. The third-order valence-electron chi connectivity index (χ3n) is 6.70. The van der Waals surface area contributed by atoms with E-state index in [9.17, 15) is 24.6 Å². The van der Waals surface area contributed by atoms with E-state index in [0.717, 1.165) is 34.7 Å². The molecule has 7 nitrogen and oxygen atoms in total. The summed E-state index contributed by atoms with van der Waals surface area (Å²) in [5, 5.41) is 20.7. The average molecular weight is 476 g/mol. The van der Waals surface area contributed by atoms with Gasteiger partial charge < -0.3 is 19.8 Å². The maximum absolute atomic E-state index is 12.8. The Balaban J connectivity index is 1.60. The Morgan fingerprint density at radius 3 is 2.31 bits per heavy atom. The molecule has 2 N–H and O–H groups in total. The molecule has 0 aromatic heterocycles. The number of carbonyl (C=O) groups excluding carboxylic acids is 1. The fourth-order valence-electron chi connectivity index (χ4n) is 5.00. The Morgan fingerprint density at radius 1 is 0.943 bits per heavy atom. The van der Waals surface area contributed by atoms with E-state index in [1.807, 2.05) is 42.5 Å². The smallest absolute Gasteiger partial charge is 0.478 e. The third kappa shape index (κ3) is 5.45. The molecular weight excluding hydrogens is 446 g/mol. The Bertz CT molecular complexity index is 1260. The lowest BCUT2D eigenvalue weighted by atomic mass is 9.96. The summed E-state index contributed by atoms with van der Waals surface area (Å²) in [4.78, 5) is 37.4. The van der Waals surface area contributed by atoms with Crippen molar-refractivity contribution in [3.8, 4) is 11.1 Å². The first kappa shape index (κ1) is 24.3. The number of benzene rings is 3. The van der Waals surface area contributed by atoms with Crippen molar-refractivity contribution in [3.63, 3.8) is 0 Å². The van der Waals surface area contributed by atoms with Crippen LogP contribution in [0.3, 0.4) is 0 Å². The summed E-state index contributed by atoms with van der Waals surface area (Å²) in [6.07, 6.45) is 2.01. The van der Waals surface area contributed by atoms with Gasteiger partial charge in [-0.3, -0.25) is 4.79 Å². The minimum atomic E-state index is -1.30. The van der Waals surface area contributed by atoms with Crippen molar-refractivity contribution in [1.82, 2.24) is 4.90 Å². The number of nitrogens with zero attached hydrogens (tertiary/aromatic N) is 1. The number of hydrogen-bond donors (Lipinski definition) is 2. The summed E-state index contributed by atoms with van der Waals surface area (Å²) in [6.45, 7) is 2.40. The van der Waals surface area contributed by atoms with Crippen LogP contribution in [0.25, 0.3) is 21.9 Å². The van der Waals surface area contributed by atoms with Crippen molar-refractivity contribution in [3.05, 3.63) is 71.8 Å². The normalized spacial score (nSPS) is 14.5. The van der Waals surface area contributed by atoms with Crippen LogP contribution in [0.4, 0.5) is 4.79 Å². The molecule has 0 bridgehead atoms. The van der Waals surface area contributed by atoms with Gasteiger partial charge in [-0.25, -0.2) is 9.59 Å². The van der Waals surface area contributed by atoms with Crippen LogP contribution in [-0.2, 0) is 16.1 Å². The molecule has 0 radical (unpaired) electrons. The molecule has 182 valence electrons. The first-order chi connectivity index (χ1) is 16.8. The van der Waals surface area contributed by atoms with Gasteiger partial charge in [0.2, 0.25) is 5.91 Å². The minimum absolute atomic E-state index is 0.0500. The van der Waals surface area contributed by atoms with Gasteiger partial charge in [0.15, 0.2) is 0 Å². The van der Waals surface area contributed by atoms with Gasteiger partial charge in [0, 0.05) is 13.0 Å². The Labute approximate surface area is 203 Å². The van der Waals surface area contributed by atoms with Crippen molar-refractivity contribution in [2.45, 2.75) is 51.2 Å². The SMILES string of the molecule is CCC(=O)N(Cc1ccc2cc(-c3ccccc3C(=O)O)ccc2c1)CC1(OC(=O)O)CCCC1. The topological polar surface area (TPSA) is 104 Å². The molecular formula is C28H29NO6. The molecule has 1 aliphatic rings. The van der Waals surface area contributed by atoms with Crippen LogP contribution < -0.4 is 0 Å². The van der Waals surface area contributed by atoms with Crippen LogP contribution >= 0.6 is 0 Å². The Morgan fingerprint density at radius 2 is 1.63 bits per heavy atom. The highest BCUT2D eigenvalue weighted by Gasteiger charge is 2.40. The average Bonchev–Trinajstić information content (AvgIpc) is 3.30. The first-order valence-electron chi connectivity index (χ1n) is 11.9. The van der Waals surface area contributed by atoms with Gasteiger partial charge in [-0.15, -0.1) is 0 Å². The molecule has 1 amide bonds. The van der Waals surface area contributed by atoms with Crippen molar-refractivity contribution in [2.24, 2.45) is 0 Å². The van der Waals surface area contributed by atoms with Gasteiger partial charge in [0.05, 0.1) is 12.1 Å². The molecule has 0 atom stereocenters. The zero-order valence-corrected chi connectivity index (χ0v) is 19.7. The van der Waals surface area contributed by atoms with Gasteiger partial charge in [-0.05, 0) is 71.3 Å². The van der Waals surface area contributed by atoms with Crippen LogP contribution in [0, 0.1) is 0 Å². The number of carboxylic acids is 1. The lowest BCUT2D eigenvalue weighted by molar-refractivity contribution is -0.136. The van der Waals surface area contributed by atoms with E-state index >= 15 is 0 Å². The second-order valence-corrected chi connectivity index (χ2v) is 9.11. The number of hydrogen-bond acceptors (Lipinski definition) is 4. The van der Waals surface area contributed by atoms with E-state index in [0.29, 0.717) is 31.4 Å². The zero-order valence-electron chi connectivity index (χ0n) is 19.7. The number of rotatable bonds is 8. The summed E-state index contributed by atoms with van der Waals surface area (Å²) in [5.74, 6) is -1.02. The summed E-state index contributed by atoms with van der Waals surface area (Å²) in [5.41, 5.74) is 1.81. The van der Waals surface area contributed by atoms with E-state index in [1.165, 1.54) is 0 Å². The van der Waals surface area contributed by atoms with Gasteiger partial charge in [0.25, 0.3) is 0 Å². The van der Waals surface area contributed by atoms with Crippen LogP contribution in [0.1, 0.15) is 54.9 Å². The van der Waals surface area contributed by atoms with Gasteiger partial charge in [0.1, 0.15) is 5.60 Å². The monoisotopic (exact) mass is 475 g/mol. The van der Waals surface area contributed by atoms with E-state index in [2.05, 4.69) is 0 Å². The molecule has 0 saturated heterocycles. The van der Waals surface area contributed by atoms with Crippen LogP contribution in [0.2, 0.25) is 0 Å². The number of fused-ring (bicyclic) bond motifs is 1. The zero-order chi connectivity index (χ0) is 25.0. The quantitative estimate of drug-likeness (QED) is 0.390. The van der Waals surface area contributed by atoms with Crippen LogP contribution in [0.15, 0.2) is 60.7 Å². The molecule has 0 spiro atoms. The van der Waals surface area contributed by atoms with E-state index < -0.39 is 17.7 Å². The second-order valence-electron chi connectivity index (χ2n) is 9.11. The lowest BCUT2D eigenvalue weighted by Crippen LogP contribution is -2.46. The number of amides is 1. The maximum atomic E-state index is 12.8. The summed E-state index contributed by atoms with van der Waals surface area (Å²) in [6, 6.07) is 18.7. The van der Waals surface area contributed by atoms with Gasteiger partial charge >= 0.3 is 12.1 Å². The highest BCUT2D eigenvalue weighted by Crippen LogP contribution is 2.35. The number of carboxylic acid groups (broad SMARTS) is 2. The summed E-state index contributed by atoms with van der Waals surface area (Å²) >= 11 is 0. The molecule has 3 aromatic carbocycles. The predicted octanol–water partition coefficient (Wildman–Crippen LogP) is 5.95. The molecule has 7 heteroatoms. The molecule has 0 aliphatic heterocycles. The predicted molar refractivity (Wildman–Crippen MR) is 132 cm³/mol. The van der Waals surface area contributed by atoms with E-state index in [4.69, 9.17) is 4.74 Å². The van der Waals surface area contributed by atoms with Gasteiger partial charge in [-0.1, -0.05) is 49.4 Å². The highest BCUT2D eigenvalue weighted by molar-refractivity contribution is 5.98. The van der Waals surface area contributed by atoms with E-state index in [-0.39, 0.29) is 18.0 Å². The third-order valence-corrected chi connectivity index (χ3v) is 6.70. The first-order valence-corrected chi connectivity index (χ1v) is 11.9. The van der Waals surface area contributed by atoms with Crippen molar-refractivity contribution >= 4 is 28.8 Å². The minimum Gasteiger partial charge on any atom is -0.478 e. The Hall–Kier alpha value is -3.87. The molecule has 0 unspecified atom stereocenters. The molecule has 1 fully saturated rings. The standard InChI is InChI=1S/C28H29NO6/c1-2-25(30)29(18-28(35-27(33)34)13-5-6-14-28)17-19-9-10-21-16-22(12-11-20(21)15-19)23-7-3-4-8-24(23)26(31)32/h3-4,7-12,15-16H,2,5-6,13-14,17-18H2,1H3,(H,31,32)(H,33,34). The summed E-state index contributed by atoms with van der Waals surface area (Å²) < 4.78 is 5.29. The van der Waals surface area contributed by atoms with Crippen molar-refractivity contribution in [1.29, 1.82) is 0 Å². The largest absolute Gasteiger partial charge is 0.506 e. The fraction of sp³-hybridized carbons (Fsp3) is 0.321. The van der Waals surface area contributed by atoms with Crippen LogP contribution in [-0.4, -0.2) is 45.3 Å². The van der Waals surface area contributed by atoms with Crippen LogP contribution in [0.5, 0.6) is 0 Å². The molecule has 4 rings (SSSR count). The molecule has 0 heterocycles. The van der Waals surface area contributed by atoms with Gasteiger partial charge in [-0.2, -0.15) is 0 Å². The molecule has 3 aromatic rings. The highest BCUT2D eigenvalue weighted by atomic mass is 16.7. The fourth-order valence-corrected chi connectivity index (χ4v) is 5.00. The number of aromatic carboxylic acids is 1. The maximum Gasteiger partial charge on any atom is 0.506 e. The number of ether oxygens (including phenoxy) is 1. The summed E-state index contributed by atoms with van der Waals surface area (Å²) in [7, 11) is 0. The second kappa shape index (κ2) is 10.2. The molecule has 1 aliphatic carbocycles.